The van der Waals surface area contributed by atoms with Gasteiger partial charge < -0.3 is 10.1 Å². The summed E-state index contributed by atoms with van der Waals surface area (Å²) in [4.78, 5) is 0. The fourth-order valence-corrected chi connectivity index (χ4v) is 1.87. The van der Waals surface area contributed by atoms with E-state index < -0.39 is 0 Å². The molecule has 1 atom stereocenters. The molecule has 0 fully saturated rings. The summed E-state index contributed by atoms with van der Waals surface area (Å²) in [6.07, 6.45) is 0. The molecule has 2 rings (SSSR count). The van der Waals surface area contributed by atoms with E-state index in [0.717, 1.165) is 13.2 Å². The van der Waals surface area contributed by atoms with Crippen LogP contribution in [-0.2, 0) is 17.9 Å². The summed E-state index contributed by atoms with van der Waals surface area (Å²) >= 11 is 0. The second-order valence-corrected chi connectivity index (χ2v) is 4.77. The van der Waals surface area contributed by atoms with E-state index in [0.29, 0.717) is 12.6 Å². The molecule has 0 heterocycles. The summed E-state index contributed by atoms with van der Waals surface area (Å²) in [6, 6.07) is 21.0. The molecule has 0 amide bonds. The Morgan fingerprint density at radius 1 is 0.895 bits per heavy atom. The topological polar surface area (TPSA) is 21.3 Å². The fraction of sp³-hybridized carbons (Fsp3) is 0.294. The fourth-order valence-electron chi connectivity index (χ4n) is 1.87. The van der Waals surface area contributed by atoms with E-state index in [2.05, 4.69) is 48.6 Å². The molecular formula is C17H21NO. The molecular weight excluding hydrogens is 234 g/mol. The van der Waals surface area contributed by atoms with Gasteiger partial charge in [-0.2, -0.15) is 0 Å². The monoisotopic (exact) mass is 255 g/mol. The number of hydrogen-bond acceptors (Lipinski definition) is 2. The van der Waals surface area contributed by atoms with Crippen molar-refractivity contribution in [3.8, 4) is 0 Å². The first-order valence-corrected chi connectivity index (χ1v) is 6.73. The van der Waals surface area contributed by atoms with Gasteiger partial charge in [0.25, 0.3) is 0 Å². The predicted molar refractivity (Wildman–Crippen MR) is 78.8 cm³/mol. The maximum Gasteiger partial charge on any atom is 0.0717 e. The SMILES string of the molecule is CC(COCc1ccccc1)NCc1ccccc1. The summed E-state index contributed by atoms with van der Waals surface area (Å²) in [5, 5.41) is 3.46. The molecule has 0 spiro atoms. The zero-order valence-corrected chi connectivity index (χ0v) is 11.4. The van der Waals surface area contributed by atoms with Gasteiger partial charge in [-0.15, -0.1) is 0 Å². The molecule has 0 aliphatic rings. The molecule has 100 valence electrons. The maximum absolute atomic E-state index is 5.71. The normalized spacial score (nSPS) is 12.3. The first kappa shape index (κ1) is 13.8. The van der Waals surface area contributed by atoms with Crippen molar-refractivity contribution in [1.29, 1.82) is 0 Å². The molecule has 0 radical (unpaired) electrons. The molecule has 1 N–H and O–H groups in total. The van der Waals surface area contributed by atoms with Gasteiger partial charge in [0.1, 0.15) is 0 Å². The summed E-state index contributed by atoms with van der Waals surface area (Å²) in [7, 11) is 0. The van der Waals surface area contributed by atoms with E-state index in [1.165, 1.54) is 11.1 Å². The van der Waals surface area contributed by atoms with Gasteiger partial charge in [0.05, 0.1) is 13.2 Å². The first-order chi connectivity index (χ1) is 9.34. The number of nitrogens with one attached hydrogen (secondary N) is 1. The van der Waals surface area contributed by atoms with Crippen LogP contribution in [-0.4, -0.2) is 12.6 Å². The second kappa shape index (κ2) is 7.72. The first-order valence-electron chi connectivity index (χ1n) is 6.73. The van der Waals surface area contributed by atoms with Crippen LogP contribution >= 0.6 is 0 Å². The number of benzene rings is 2. The van der Waals surface area contributed by atoms with Gasteiger partial charge in [0.2, 0.25) is 0 Å². The Balaban J connectivity index is 1.64. The van der Waals surface area contributed by atoms with Crippen LogP contribution in [0.15, 0.2) is 60.7 Å². The molecule has 0 aliphatic heterocycles. The Morgan fingerprint density at radius 3 is 2.11 bits per heavy atom. The lowest BCUT2D eigenvalue weighted by atomic mass is 10.2. The van der Waals surface area contributed by atoms with Gasteiger partial charge in [-0.05, 0) is 18.1 Å². The van der Waals surface area contributed by atoms with E-state index in [4.69, 9.17) is 4.74 Å². The highest BCUT2D eigenvalue weighted by molar-refractivity contribution is 5.14. The average Bonchev–Trinajstić information content (AvgIpc) is 2.47. The molecule has 2 heteroatoms. The predicted octanol–water partition coefficient (Wildman–Crippen LogP) is 3.38. The zero-order chi connectivity index (χ0) is 13.3. The Kier molecular flexibility index (Phi) is 5.60. The molecule has 0 bridgehead atoms. The third kappa shape index (κ3) is 5.25. The van der Waals surface area contributed by atoms with Gasteiger partial charge in [-0.1, -0.05) is 60.7 Å². The Hall–Kier alpha value is -1.64. The zero-order valence-electron chi connectivity index (χ0n) is 11.4. The lowest BCUT2D eigenvalue weighted by Gasteiger charge is -2.14. The van der Waals surface area contributed by atoms with Crippen molar-refractivity contribution >= 4 is 0 Å². The van der Waals surface area contributed by atoms with E-state index in [1.54, 1.807) is 0 Å². The minimum Gasteiger partial charge on any atom is -0.375 e. The number of rotatable bonds is 7. The summed E-state index contributed by atoms with van der Waals surface area (Å²) in [5.41, 5.74) is 2.52. The molecule has 1 unspecified atom stereocenters. The van der Waals surface area contributed by atoms with Crippen molar-refractivity contribution in [3.63, 3.8) is 0 Å². The highest BCUT2D eigenvalue weighted by Crippen LogP contribution is 2.02. The van der Waals surface area contributed by atoms with E-state index in [1.807, 2.05) is 24.3 Å². The smallest absolute Gasteiger partial charge is 0.0717 e. The summed E-state index contributed by atoms with van der Waals surface area (Å²) in [6.45, 7) is 4.44. The molecule has 2 aromatic carbocycles. The lowest BCUT2D eigenvalue weighted by molar-refractivity contribution is 0.102. The third-order valence-corrected chi connectivity index (χ3v) is 2.98. The van der Waals surface area contributed by atoms with E-state index in [-0.39, 0.29) is 0 Å². The second-order valence-electron chi connectivity index (χ2n) is 4.77. The standard InChI is InChI=1S/C17H21NO/c1-15(18-12-16-8-4-2-5-9-16)13-19-14-17-10-6-3-7-11-17/h2-11,15,18H,12-14H2,1H3. The highest BCUT2D eigenvalue weighted by Gasteiger charge is 2.01. The van der Waals surface area contributed by atoms with Crippen molar-refractivity contribution in [2.45, 2.75) is 26.1 Å². The van der Waals surface area contributed by atoms with Gasteiger partial charge in [0, 0.05) is 12.6 Å². The van der Waals surface area contributed by atoms with Crippen molar-refractivity contribution in [2.75, 3.05) is 6.61 Å². The van der Waals surface area contributed by atoms with Crippen LogP contribution in [0, 0.1) is 0 Å². The van der Waals surface area contributed by atoms with Gasteiger partial charge in [-0.3, -0.25) is 0 Å². The van der Waals surface area contributed by atoms with E-state index >= 15 is 0 Å². The van der Waals surface area contributed by atoms with Crippen molar-refractivity contribution in [3.05, 3.63) is 71.8 Å². The third-order valence-electron chi connectivity index (χ3n) is 2.98. The van der Waals surface area contributed by atoms with Gasteiger partial charge in [0.15, 0.2) is 0 Å². The number of ether oxygens (including phenoxy) is 1. The van der Waals surface area contributed by atoms with Crippen molar-refractivity contribution in [1.82, 2.24) is 5.32 Å². The van der Waals surface area contributed by atoms with Crippen LogP contribution in [0.5, 0.6) is 0 Å². The largest absolute Gasteiger partial charge is 0.375 e. The van der Waals surface area contributed by atoms with Gasteiger partial charge in [-0.25, -0.2) is 0 Å². The van der Waals surface area contributed by atoms with E-state index in [9.17, 15) is 0 Å². The van der Waals surface area contributed by atoms with Crippen LogP contribution in [0.2, 0.25) is 0 Å². The average molecular weight is 255 g/mol. The minimum atomic E-state index is 0.351. The minimum absolute atomic E-state index is 0.351. The molecule has 0 saturated carbocycles. The number of hydrogen-bond donors (Lipinski definition) is 1. The molecule has 2 nitrogen and oxygen atoms in total. The summed E-state index contributed by atoms with van der Waals surface area (Å²) < 4.78 is 5.71. The molecule has 2 aromatic rings. The Bertz CT molecular complexity index is 455. The Labute approximate surface area is 115 Å². The highest BCUT2D eigenvalue weighted by atomic mass is 16.5. The van der Waals surface area contributed by atoms with Crippen LogP contribution in [0.25, 0.3) is 0 Å². The van der Waals surface area contributed by atoms with Crippen molar-refractivity contribution in [2.24, 2.45) is 0 Å². The Morgan fingerprint density at radius 2 is 1.47 bits per heavy atom. The molecule has 0 saturated heterocycles. The maximum atomic E-state index is 5.71. The molecule has 19 heavy (non-hydrogen) atoms. The van der Waals surface area contributed by atoms with Crippen molar-refractivity contribution < 1.29 is 4.74 Å². The van der Waals surface area contributed by atoms with Crippen LogP contribution < -0.4 is 5.32 Å². The van der Waals surface area contributed by atoms with Gasteiger partial charge >= 0.3 is 0 Å². The molecule has 0 aromatic heterocycles. The molecule has 0 aliphatic carbocycles. The quantitative estimate of drug-likeness (QED) is 0.819. The van der Waals surface area contributed by atoms with Crippen LogP contribution in [0.3, 0.4) is 0 Å². The lowest BCUT2D eigenvalue weighted by Crippen LogP contribution is -2.29. The van der Waals surface area contributed by atoms with Crippen LogP contribution in [0.4, 0.5) is 0 Å². The van der Waals surface area contributed by atoms with Crippen LogP contribution in [0.1, 0.15) is 18.1 Å². The summed E-state index contributed by atoms with van der Waals surface area (Å²) in [5.74, 6) is 0.